The SMILES string of the molecule is C1CCOC1.O=S1(=O)C=CC=CC1. The standard InChI is InChI=1S/C5H6O2S.C4H8O/c6-8(7)4-2-1-3-5-8;1-2-4-5-3-1/h1-4H,5H2;1-4H2. The van der Waals surface area contributed by atoms with Gasteiger partial charge < -0.3 is 4.74 Å². The van der Waals surface area contributed by atoms with Gasteiger partial charge in [0.05, 0.1) is 5.75 Å². The molecule has 2 aliphatic heterocycles. The summed E-state index contributed by atoms with van der Waals surface area (Å²) in [6, 6.07) is 0. The molecule has 0 aromatic rings. The summed E-state index contributed by atoms with van der Waals surface area (Å²) in [6.45, 7) is 2.00. The quantitative estimate of drug-likeness (QED) is 0.594. The number of rotatable bonds is 0. The van der Waals surface area contributed by atoms with Crippen molar-refractivity contribution in [3.05, 3.63) is 23.6 Å². The minimum absolute atomic E-state index is 0.156. The summed E-state index contributed by atoms with van der Waals surface area (Å²) in [4.78, 5) is 0. The van der Waals surface area contributed by atoms with Crippen LogP contribution >= 0.6 is 0 Å². The smallest absolute Gasteiger partial charge is 0.175 e. The Bertz CT molecular complexity index is 276. The fourth-order valence-corrected chi connectivity index (χ4v) is 1.82. The highest BCUT2D eigenvalue weighted by Gasteiger charge is 2.02. The molecule has 0 bridgehead atoms. The molecule has 2 heterocycles. The number of sulfone groups is 1. The monoisotopic (exact) mass is 202 g/mol. The van der Waals surface area contributed by atoms with Gasteiger partial charge in [-0.3, -0.25) is 0 Å². The van der Waals surface area contributed by atoms with Crippen molar-refractivity contribution in [1.29, 1.82) is 0 Å². The van der Waals surface area contributed by atoms with Crippen LogP contribution in [0.2, 0.25) is 0 Å². The summed E-state index contributed by atoms with van der Waals surface area (Å²) in [5.41, 5.74) is 0. The number of ether oxygens (including phenoxy) is 1. The van der Waals surface area contributed by atoms with Gasteiger partial charge in [-0.1, -0.05) is 18.2 Å². The highest BCUT2D eigenvalue weighted by molar-refractivity contribution is 7.94. The second-order valence-electron chi connectivity index (χ2n) is 2.91. The largest absolute Gasteiger partial charge is 0.381 e. The average Bonchev–Trinajstić information content (AvgIpc) is 2.60. The maximum atomic E-state index is 10.5. The zero-order valence-electron chi connectivity index (χ0n) is 7.48. The summed E-state index contributed by atoms with van der Waals surface area (Å²) in [6.07, 6.45) is 7.43. The Morgan fingerprint density at radius 1 is 1.08 bits per heavy atom. The van der Waals surface area contributed by atoms with Gasteiger partial charge in [-0.2, -0.15) is 0 Å². The van der Waals surface area contributed by atoms with E-state index in [0.29, 0.717) is 0 Å². The summed E-state index contributed by atoms with van der Waals surface area (Å²) >= 11 is 0. The van der Waals surface area contributed by atoms with Crippen LogP contribution in [0.4, 0.5) is 0 Å². The molecular weight excluding hydrogens is 188 g/mol. The van der Waals surface area contributed by atoms with Gasteiger partial charge in [0, 0.05) is 18.6 Å². The van der Waals surface area contributed by atoms with E-state index >= 15 is 0 Å². The lowest BCUT2D eigenvalue weighted by atomic mass is 10.4. The zero-order valence-corrected chi connectivity index (χ0v) is 8.29. The Morgan fingerprint density at radius 3 is 2.00 bits per heavy atom. The van der Waals surface area contributed by atoms with E-state index in [1.165, 1.54) is 24.3 Å². The van der Waals surface area contributed by atoms with Crippen LogP contribution in [0, 0.1) is 0 Å². The Labute approximate surface area is 79.0 Å². The van der Waals surface area contributed by atoms with E-state index in [1.807, 2.05) is 0 Å². The van der Waals surface area contributed by atoms with E-state index in [4.69, 9.17) is 4.74 Å². The van der Waals surface area contributed by atoms with Crippen molar-refractivity contribution in [2.24, 2.45) is 0 Å². The number of hydrogen-bond acceptors (Lipinski definition) is 3. The molecule has 0 atom stereocenters. The van der Waals surface area contributed by atoms with Crippen LogP contribution in [0.5, 0.6) is 0 Å². The fraction of sp³-hybridized carbons (Fsp3) is 0.556. The van der Waals surface area contributed by atoms with Gasteiger partial charge in [0.25, 0.3) is 0 Å². The first-order valence-electron chi connectivity index (χ1n) is 4.34. The Kier molecular flexibility index (Phi) is 4.18. The molecule has 2 aliphatic rings. The molecule has 0 radical (unpaired) electrons. The molecule has 0 aromatic heterocycles. The second-order valence-corrected chi connectivity index (χ2v) is 4.84. The highest BCUT2D eigenvalue weighted by atomic mass is 32.2. The number of hydrogen-bond donors (Lipinski definition) is 0. The molecule has 0 amide bonds. The molecule has 0 aliphatic carbocycles. The van der Waals surface area contributed by atoms with Crippen LogP contribution in [0.3, 0.4) is 0 Å². The maximum Gasteiger partial charge on any atom is 0.175 e. The van der Waals surface area contributed by atoms with E-state index < -0.39 is 9.84 Å². The zero-order chi connectivity index (χ0) is 9.57. The predicted molar refractivity (Wildman–Crippen MR) is 52.1 cm³/mol. The lowest BCUT2D eigenvalue weighted by Gasteiger charge is -1.93. The van der Waals surface area contributed by atoms with Gasteiger partial charge >= 0.3 is 0 Å². The van der Waals surface area contributed by atoms with Gasteiger partial charge in [0.15, 0.2) is 9.84 Å². The molecule has 13 heavy (non-hydrogen) atoms. The predicted octanol–water partition coefficient (Wildman–Crippen LogP) is 1.28. The molecule has 1 fully saturated rings. The Morgan fingerprint density at radius 2 is 1.77 bits per heavy atom. The topological polar surface area (TPSA) is 43.4 Å². The molecular formula is C9H14O3S. The van der Waals surface area contributed by atoms with Crippen LogP contribution in [-0.4, -0.2) is 27.4 Å². The minimum Gasteiger partial charge on any atom is -0.381 e. The third kappa shape index (κ3) is 4.85. The third-order valence-electron chi connectivity index (χ3n) is 1.69. The Balaban J connectivity index is 0.000000145. The summed E-state index contributed by atoms with van der Waals surface area (Å²) in [5.74, 6) is 0.156. The van der Waals surface area contributed by atoms with Crippen molar-refractivity contribution >= 4 is 9.84 Å². The molecule has 0 N–H and O–H groups in total. The summed E-state index contributed by atoms with van der Waals surface area (Å²) < 4.78 is 26.0. The van der Waals surface area contributed by atoms with Crippen molar-refractivity contribution in [1.82, 2.24) is 0 Å². The second kappa shape index (κ2) is 5.19. The Hall–Kier alpha value is -0.610. The third-order valence-corrected chi connectivity index (χ3v) is 2.92. The molecule has 74 valence electrons. The van der Waals surface area contributed by atoms with Gasteiger partial charge in [-0.25, -0.2) is 8.42 Å². The summed E-state index contributed by atoms with van der Waals surface area (Å²) in [7, 11) is -2.85. The first-order valence-corrected chi connectivity index (χ1v) is 6.06. The molecule has 2 rings (SSSR count). The average molecular weight is 202 g/mol. The van der Waals surface area contributed by atoms with Crippen molar-refractivity contribution in [2.75, 3.05) is 19.0 Å². The molecule has 0 aromatic carbocycles. The maximum absolute atomic E-state index is 10.5. The van der Waals surface area contributed by atoms with E-state index in [1.54, 1.807) is 12.2 Å². The van der Waals surface area contributed by atoms with Gasteiger partial charge in [-0.15, -0.1) is 0 Å². The van der Waals surface area contributed by atoms with Crippen LogP contribution in [0.1, 0.15) is 12.8 Å². The van der Waals surface area contributed by atoms with Gasteiger partial charge in [0.2, 0.25) is 0 Å². The first-order chi connectivity index (χ1) is 6.21. The van der Waals surface area contributed by atoms with E-state index in [2.05, 4.69) is 0 Å². The highest BCUT2D eigenvalue weighted by Crippen LogP contribution is 1.99. The normalized spacial score (nSPS) is 23.7. The van der Waals surface area contributed by atoms with Crippen molar-refractivity contribution < 1.29 is 13.2 Å². The van der Waals surface area contributed by atoms with Gasteiger partial charge in [-0.05, 0) is 12.8 Å². The van der Waals surface area contributed by atoms with Crippen LogP contribution < -0.4 is 0 Å². The summed E-state index contributed by atoms with van der Waals surface area (Å²) in [5, 5.41) is 1.22. The van der Waals surface area contributed by atoms with Crippen molar-refractivity contribution in [2.45, 2.75) is 12.8 Å². The van der Waals surface area contributed by atoms with Crippen molar-refractivity contribution in [3.8, 4) is 0 Å². The molecule has 0 saturated carbocycles. The van der Waals surface area contributed by atoms with E-state index in [9.17, 15) is 8.42 Å². The van der Waals surface area contributed by atoms with Crippen LogP contribution in [-0.2, 0) is 14.6 Å². The van der Waals surface area contributed by atoms with Gasteiger partial charge in [0.1, 0.15) is 0 Å². The van der Waals surface area contributed by atoms with Crippen molar-refractivity contribution in [3.63, 3.8) is 0 Å². The molecule has 4 heteroatoms. The number of allylic oxidation sites excluding steroid dienone is 2. The first kappa shape index (κ1) is 10.5. The van der Waals surface area contributed by atoms with Crippen LogP contribution in [0.15, 0.2) is 23.6 Å². The molecule has 1 saturated heterocycles. The molecule has 0 unspecified atom stereocenters. The van der Waals surface area contributed by atoms with E-state index in [-0.39, 0.29) is 5.75 Å². The van der Waals surface area contributed by atoms with E-state index in [0.717, 1.165) is 13.2 Å². The molecule has 3 nitrogen and oxygen atoms in total. The fourth-order valence-electron chi connectivity index (χ4n) is 0.999. The lowest BCUT2D eigenvalue weighted by Crippen LogP contribution is -2.00. The minimum atomic E-state index is -2.85. The van der Waals surface area contributed by atoms with Crippen LogP contribution in [0.25, 0.3) is 0 Å². The molecule has 0 spiro atoms. The lowest BCUT2D eigenvalue weighted by molar-refractivity contribution is 0.198.